The number of rotatable bonds is 5. The third-order valence-corrected chi connectivity index (χ3v) is 2.74. The van der Waals surface area contributed by atoms with Gasteiger partial charge >= 0.3 is 0 Å². The minimum absolute atomic E-state index is 0.264. The van der Waals surface area contributed by atoms with Gasteiger partial charge in [0.1, 0.15) is 0 Å². The molecule has 2 N–H and O–H groups in total. The van der Waals surface area contributed by atoms with E-state index >= 15 is 0 Å². The first-order valence-corrected chi connectivity index (χ1v) is 6.52. The fourth-order valence-corrected chi connectivity index (χ4v) is 1.80. The van der Waals surface area contributed by atoms with Crippen LogP contribution < -0.4 is 5.73 Å². The summed E-state index contributed by atoms with van der Waals surface area (Å²) in [5, 5.41) is 4.53. The highest BCUT2D eigenvalue weighted by Crippen LogP contribution is 2.21. The maximum absolute atomic E-state index is 5.64. The van der Waals surface area contributed by atoms with Crippen molar-refractivity contribution in [3.8, 4) is 11.3 Å². The number of aromatic nitrogens is 4. The molecule has 2 aromatic heterocycles. The summed E-state index contributed by atoms with van der Waals surface area (Å²) < 4.78 is 1.88. The number of aliphatic imine (C=N–C) groups is 1. The van der Waals surface area contributed by atoms with Gasteiger partial charge in [-0.2, -0.15) is 5.10 Å². The van der Waals surface area contributed by atoms with Crippen LogP contribution >= 0.6 is 0 Å². The monoisotopic (exact) mass is 270 g/mol. The predicted molar refractivity (Wildman–Crippen MR) is 80.3 cm³/mol. The minimum atomic E-state index is 0.264. The zero-order valence-corrected chi connectivity index (χ0v) is 11.7. The van der Waals surface area contributed by atoms with Crippen LogP contribution in [-0.4, -0.2) is 26.0 Å². The van der Waals surface area contributed by atoms with Gasteiger partial charge in [-0.15, -0.1) is 0 Å². The van der Waals surface area contributed by atoms with Crippen LogP contribution in [0, 0.1) is 0 Å². The third-order valence-electron chi connectivity index (χ3n) is 2.74. The second-order valence-corrected chi connectivity index (χ2v) is 4.16. The van der Waals surface area contributed by atoms with Crippen LogP contribution in [0.3, 0.4) is 0 Å². The van der Waals surface area contributed by atoms with Gasteiger partial charge in [0, 0.05) is 43.3 Å². The first-order chi connectivity index (χ1) is 9.74. The fraction of sp³-hybridized carbons (Fsp3) is 0.286. The lowest BCUT2D eigenvalue weighted by Gasteiger charge is -1.99. The largest absolute Gasteiger partial charge is 0.368 e. The van der Waals surface area contributed by atoms with E-state index in [1.54, 1.807) is 12.4 Å². The molecule has 0 fully saturated rings. The molecule has 0 unspecified atom stereocenters. The number of allylic oxidation sites excluding steroid dienone is 1. The Balaban J connectivity index is 2.33. The number of nitrogens with zero attached hydrogens (tertiary/aromatic N) is 5. The second kappa shape index (κ2) is 6.60. The highest BCUT2D eigenvalue weighted by molar-refractivity contribution is 5.69. The van der Waals surface area contributed by atoms with Gasteiger partial charge < -0.3 is 5.73 Å². The normalized spacial score (nSPS) is 11.7. The topological polar surface area (TPSA) is 82.0 Å². The number of hydrogen-bond acceptors (Lipinski definition) is 5. The molecule has 0 spiro atoms. The number of aryl methyl sites for hydroxylation is 1. The molecule has 0 saturated heterocycles. The highest BCUT2D eigenvalue weighted by atomic mass is 15.3. The van der Waals surface area contributed by atoms with Crippen LogP contribution in [0.15, 0.2) is 35.7 Å². The van der Waals surface area contributed by atoms with Gasteiger partial charge in [-0.3, -0.25) is 9.67 Å². The maximum Gasteiger partial charge on any atom is 0.220 e. The van der Waals surface area contributed by atoms with Crippen LogP contribution in [0.4, 0.5) is 5.95 Å². The van der Waals surface area contributed by atoms with E-state index in [2.05, 4.69) is 20.1 Å². The molecule has 104 valence electrons. The van der Waals surface area contributed by atoms with Crippen molar-refractivity contribution in [1.82, 2.24) is 19.7 Å². The average molecular weight is 270 g/mol. The summed E-state index contributed by atoms with van der Waals surface area (Å²) in [7, 11) is 0. The van der Waals surface area contributed by atoms with Gasteiger partial charge in [0.15, 0.2) is 0 Å². The summed E-state index contributed by atoms with van der Waals surface area (Å²) in [5.41, 5.74) is 8.32. The lowest BCUT2D eigenvalue weighted by molar-refractivity contribution is 0.652. The van der Waals surface area contributed by atoms with Gasteiger partial charge in [-0.05, 0) is 19.9 Å². The Kier molecular flexibility index (Phi) is 4.60. The summed E-state index contributed by atoms with van der Waals surface area (Å²) >= 11 is 0. The molecule has 0 aliphatic rings. The molecule has 0 atom stereocenters. The van der Waals surface area contributed by atoms with Crippen molar-refractivity contribution in [2.75, 3.05) is 5.73 Å². The molecule has 0 bridgehead atoms. The number of hydrogen-bond donors (Lipinski definition) is 1. The molecule has 20 heavy (non-hydrogen) atoms. The molecule has 0 aliphatic heterocycles. The van der Waals surface area contributed by atoms with E-state index in [-0.39, 0.29) is 5.95 Å². The maximum atomic E-state index is 5.64. The van der Waals surface area contributed by atoms with Crippen molar-refractivity contribution in [3.05, 3.63) is 36.4 Å². The van der Waals surface area contributed by atoms with Gasteiger partial charge in [0.05, 0.1) is 11.4 Å². The summed E-state index contributed by atoms with van der Waals surface area (Å²) in [6.07, 6.45) is 9.73. The molecule has 2 heterocycles. The Bertz CT molecular complexity index is 626. The van der Waals surface area contributed by atoms with E-state index < -0.39 is 0 Å². The Morgan fingerprint density at radius 2 is 2.30 bits per heavy atom. The lowest BCUT2D eigenvalue weighted by atomic mass is 10.1. The number of nitrogens with two attached hydrogens (primary N) is 1. The molecular formula is C14H18N6. The SMILES string of the molecule is C/C=C\N=C/Cc1nn(CC)cc1-c1ccnc(N)n1. The molecule has 0 aromatic carbocycles. The van der Waals surface area contributed by atoms with Gasteiger partial charge in [-0.25, -0.2) is 9.97 Å². The molecule has 0 saturated carbocycles. The first kappa shape index (κ1) is 13.9. The van der Waals surface area contributed by atoms with E-state index in [1.807, 2.05) is 43.1 Å². The van der Waals surface area contributed by atoms with E-state index in [9.17, 15) is 0 Å². The molecule has 6 heteroatoms. The van der Waals surface area contributed by atoms with Gasteiger partial charge in [0.2, 0.25) is 5.95 Å². The Hall–Kier alpha value is -2.50. The minimum Gasteiger partial charge on any atom is -0.368 e. The summed E-state index contributed by atoms with van der Waals surface area (Å²) in [6, 6.07) is 1.83. The van der Waals surface area contributed by atoms with Crippen LogP contribution in [-0.2, 0) is 13.0 Å². The molecule has 2 aromatic rings. The van der Waals surface area contributed by atoms with Crippen molar-refractivity contribution in [3.63, 3.8) is 0 Å². The van der Waals surface area contributed by atoms with Crippen molar-refractivity contribution in [1.29, 1.82) is 0 Å². The molecular weight excluding hydrogens is 252 g/mol. The Morgan fingerprint density at radius 3 is 3.00 bits per heavy atom. The molecule has 2 rings (SSSR count). The van der Waals surface area contributed by atoms with Crippen molar-refractivity contribution >= 4 is 12.2 Å². The van der Waals surface area contributed by atoms with Crippen LogP contribution in [0.2, 0.25) is 0 Å². The standard InChI is InChI=1S/C14H18N6/c1-3-7-16-8-5-13-11(10-20(4-2)19-13)12-6-9-17-14(15)18-12/h3,6-10H,4-5H2,1-2H3,(H2,15,17,18)/b7-3-,16-8-. The molecule has 6 nitrogen and oxygen atoms in total. The lowest BCUT2D eigenvalue weighted by Crippen LogP contribution is -1.97. The molecule has 0 amide bonds. The van der Waals surface area contributed by atoms with Gasteiger partial charge in [-0.1, -0.05) is 6.08 Å². The quantitative estimate of drug-likeness (QED) is 0.843. The van der Waals surface area contributed by atoms with Gasteiger partial charge in [0.25, 0.3) is 0 Å². The van der Waals surface area contributed by atoms with Crippen molar-refractivity contribution < 1.29 is 0 Å². The van der Waals surface area contributed by atoms with E-state index in [0.29, 0.717) is 6.42 Å². The predicted octanol–water partition coefficient (Wildman–Crippen LogP) is 2.09. The Labute approximate surface area is 118 Å². The van der Waals surface area contributed by atoms with E-state index in [4.69, 9.17) is 5.73 Å². The average Bonchev–Trinajstić information content (AvgIpc) is 2.87. The summed E-state index contributed by atoms with van der Waals surface area (Å²) in [5.74, 6) is 0.264. The third kappa shape index (κ3) is 3.28. The number of nitrogen functional groups attached to an aromatic ring is 1. The first-order valence-electron chi connectivity index (χ1n) is 6.52. The summed E-state index contributed by atoms with van der Waals surface area (Å²) in [4.78, 5) is 12.3. The number of anilines is 1. The zero-order valence-electron chi connectivity index (χ0n) is 11.7. The van der Waals surface area contributed by atoms with Crippen LogP contribution in [0.5, 0.6) is 0 Å². The smallest absolute Gasteiger partial charge is 0.220 e. The fourth-order valence-electron chi connectivity index (χ4n) is 1.80. The molecule has 0 aliphatic carbocycles. The second-order valence-electron chi connectivity index (χ2n) is 4.16. The van der Waals surface area contributed by atoms with E-state index in [0.717, 1.165) is 23.5 Å². The zero-order chi connectivity index (χ0) is 14.4. The van der Waals surface area contributed by atoms with Crippen molar-refractivity contribution in [2.24, 2.45) is 4.99 Å². The highest BCUT2D eigenvalue weighted by Gasteiger charge is 2.11. The van der Waals surface area contributed by atoms with Crippen LogP contribution in [0.25, 0.3) is 11.3 Å². The van der Waals surface area contributed by atoms with Crippen LogP contribution in [0.1, 0.15) is 19.5 Å². The van der Waals surface area contributed by atoms with Crippen molar-refractivity contribution in [2.45, 2.75) is 26.8 Å². The Morgan fingerprint density at radius 1 is 1.45 bits per heavy atom. The molecule has 0 radical (unpaired) electrons. The summed E-state index contributed by atoms with van der Waals surface area (Å²) in [6.45, 7) is 4.78. The van der Waals surface area contributed by atoms with E-state index in [1.165, 1.54) is 0 Å².